The summed E-state index contributed by atoms with van der Waals surface area (Å²) in [5.41, 5.74) is 0. The molecule has 0 amide bonds. The van der Waals surface area contributed by atoms with Crippen molar-refractivity contribution in [3.8, 4) is 0 Å². The van der Waals surface area contributed by atoms with Gasteiger partial charge in [-0.05, 0) is 0 Å². The molecule has 0 spiro atoms. The second-order valence-corrected chi connectivity index (χ2v) is 1.23. The van der Waals surface area contributed by atoms with E-state index < -0.39 is 0 Å². The van der Waals surface area contributed by atoms with Crippen LogP contribution in [0.25, 0.3) is 0 Å². The third-order valence-electron chi connectivity index (χ3n) is 0.586. The first-order valence-corrected chi connectivity index (χ1v) is 2.49. The van der Waals surface area contributed by atoms with Crippen molar-refractivity contribution >= 4 is 17.3 Å². The average Bonchev–Trinajstić information content (AvgIpc) is 2.17. The molecule has 0 unspecified atom stereocenters. The maximum atomic E-state index is 8.45. The number of hydrogen-bond donors (Lipinski definition) is 0. The Labute approximate surface area is 72.5 Å². The fourth-order valence-corrected chi connectivity index (χ4v) is 0.340. The molecule has 0 saturated heterocycles. The first-order valence-electron chi connectivity index (χ1n) is 2.11. The maximum Gasteiger partial charge on any atom is 2.00 e. The third-order valence-corrected chi connectivity index (χ3v) is 0.586. The van der Waals surface area contributed by atoms with Gasteiger partial charge in [0, 0.05) is 0 Å². The largest absolute Gasteiger partial charge is 2.00 e. The van der Waals surface area contributed by atoms with E-state index in [0.29, 0.717) is 0 Å². The third kappa shape index (κ3) is 11.6. The Hall–Kier alpha value is 0.0634. The smallest absolute Gasteiger partial charge is 0.525 e. The van der Waals surface area contributed by atoms with Crippen LogP contribution >= 0.6 is 11.6 Å². The van der Waals surface area contributed by atoms with Crippen LogP contribution in [-0.2, 0) is 24.3 Å². The molecule has 1 aliphatic carbocycles. The SMILES string of the molecule is O=[C-]Cl.[C-]1=CC=CC1.[Ru+2]. The zero-order valence-electron chi connectivity index (χ0n) is 4.58. The Morgan fingerprint density at radius 3 is 2.33 bits per heavy atom. The van der Waals surface area contributed by atoms with Crippen LogP contribution in [0.4, 0.5) is 0 Å². The topological polar surface area (TPSA) is 17.1 Å². The zero-order valence-corrected chi connectivity index (χ0v) is 7.07. The Bertz CT molecular complexity index is 99.6. The van der Waals surface area contributed by atoms with E-state index in [1.54, 1.807) is 0 Å². The average molecular weight is 230 g/mol. The molecular formula is C6H5ClORu. The molecule has 0 bridgehead atoms. The van der Waals surface area contributed by atoms with Crippen LogP contribution in [0.1, 0.15) is 6.42 Å². The first-order chi connectivity index (χ1) is 3.91. The number of halogens is 1. The first kappa shape index (κ1) is 11.8. The molecule has 0 saturated carbocycles. The van der Waals surface area contributed by atoms with Crippen LogP contribution in [0.2, 0.25) is 0 Å². The van der Waals surface area contributed by atoms with Gasteiger partial charge in [-0.25, -0.2) is 12.2 Å². The fourth-order valence-electron chi connectivity index (χ4n) is 0.340. The summed E-state index contributed by atoms with van der Waals surface area (Å²) in [4.78, 5) is 8.45. The minimum atomic E-state index is 0. The minimum Gasteiger partial charge on any atom is -0.525 e. The Morgan fingerprint density at radius 1 is 1.67 bits per heavy atom. The molecule has 0 aromatic heterocycles. The molecule has 9 heavy (non-hydrogen) atoms. The second kappa shape index (κ2) is 10.9. The van der Waals surface area contributed by atoms with Crippen LogP contribution in [0.3, 0.4) is 0 Å². The van der Waals surface area contributed by atoms with Crippen molar-refractivity contribution in [3.63, 3.8) is 0 Å². The van der Waals surface area contributed by atoms with Gasteiger partial charge in [0.15, 0.2) is 0 Å². The molecule has 50 valence electrons. The van der Waals surface area contributed by atoms with Gasteiger partial charge in [-0.3, -0.25) is 6.08 Å². The van der Waals surface area contributed by atoms with E-state index in [-0.39, 0.29) is 19.5 Å². The molecule has 3 heteroatoms. The molecule has 1 nitrogen and oxygen atoms in total. The van der Waals surface area contributed by atoms with Gasteiger partial charge < -0.3 is 16.4 Å². The van der Waals surface area contributed by atoms with Crippen LogP contribution in [0, 0.1) is 6.08 Å². The summed E-state index contributed by atoms with van der Waals surface area (Å²) in [5.74, 6) is 0.972. The summed E-state index contributed by atoms with van der Waals surface area (Å²) in [7, 11) is 0. The van der Waals surface area contributed by atoms with Gasteiger partial charge >= 0.3 is 19.5 Å². The van der Waals surface area contributed by atoms with Gasteiger partial charge in [0.1, 0.15) is 0 Å². The molecule has 1 aliphatic rings. The van der Waals surface area contributed by atoms with Crippen molar-refractivity contribution in [2.45, 2.75) is 6.42 Å². The number of allylic oxidation sites excluding steroid dienone is 4. The minimum absolute atomic E-state index is 0. The fraction of sp³-hybridized carbons (Fsp3) is 0.167. The molecule has 0 radical (unpaired) electrons. The van der Waals surface area contributed by atoms with Crippen LogP contribution in [0.15, 0.2) is 18.2 Å². The van der Waals surface area contributed by atoms with Gasteiger partial charge in [-0.1, -0.05) is 0 Å². The van der Waals surface area contributed by atoms with E-state index in [1.165, 1.54) is 0 Å². The normalized spacial score (nSPS) is 11.2. The Morgan fingerprint density at radius 2 is 2.22 bits per heavy atom. The predicted molar refractivity (Wildman–Crippen MR) is 33.1 cm³/mol. The molecule has 0 fully saturated rings. The van der Waals surface area contributed by atoms with E-state index in [2.05, 4.69) is 23.8 Å². The van der Waals surface area contributed by atoms with Gasteiger partial charge in [0.2, 0.25) is 0 Å². The van der Waals surface area contributed by atoms with E-state index in [0.717, 1.165) is 12.2 Å². The van der Waals surface area contributed by atoms with Crippen LogP contribution < -0.4 is 0 Å². The molecule has 0 aromatic rings. The summed E-state index contributed by atoms with van der Waals surface area (Å²) < 4.78 is 0. The predicted octanol–water partition coefficient (Wildman–Crippen LogP) is 1.60. The van der Waals surface area contributed by atoms with E-state index in [1.807, 2.05) is 12.2 Å². The number of rotatable bonds is 0. The van der Waals surface area contributed by atoms with E-state index >= 15 is 0 Å². The van der Waals surface area contributed by atoms with Crippen molar-refractivity contribution in [3.05, 3.63) is 24.3 Å². The molecule has 0 N–H and O–H groups in total. The van der Waals surface area contributed by atoms with Crippen LogP contribution in [0.5, 0.6) is 0 Å². The Kier molecular flexibility index (Phi) is 14.4. The monoisotopic (exact) mass is 230 g/mol. The standard InChI is InChI=1S/C5H5.CClO.Ru/c1-2-4-5-3-1;2-1-3;/h1-3H,4H2;;/q2*-1;+2. The summed E-state index contributed by atoms with van der Waals surface area (Å²) in [6, 6.07) is 0. The van der Waals surface area contributed by atoms with Crippen molar-refractivity contribution in [1.29, 1.82) is 0 Å². The van der Waals surface area contributed by atoms with Gasteiger partial charge in [0.25, 0.3) is 0 Å². The zero-order chi connectivity index (χ0) is 6.24. The van der Waals surface area contributed by atoms with Crippen molar-refractivity contribution < 1.29 is 24.3 Å². The Balaban J connectivity index is 0. The van der Waals surface area contributed by atoms with Gasteiger partial charge in [0.05, 0.1) is 0 Å². The molecular weight excluding hydrogens is 225 g/mol. The quantitative estimate of drug-likeness (QED) is 0.350. The van der Waals surface area contributed by atoms with E-state index in [9.17, 15) is 0 Å². The molecule has 0 aliphatic heterocycles. The second-order valence-electron chi connectivity index (χ2n) is 1.08. The summed E-state index contributed by atoms with van der Waals surface area (Å²) >= 11 is 4.19. The van der Waals surface area contributed by atoms with Crippen molar-refractivity contribution in [2.75, 3.05) is 0 Å². The van der Waals surface area contributed by atoms with Crippen molar-refractivity contribution in [2.24, 2.45) is 0 Å². The number of hydrogen-bond acceptors (Lipinski definition) is 1. The summed E-state index contributed by atoms with van der Waals surface area (Å²) in [6.07, 6.45) is 10.0. The molecule has 0 atom stereocenters. The van der Waals surface area contributed by atoms with E-state index in [4.69, 9.17) is 4.79 Å². The maximum absolute atomic E-state index is 8.45. The summed E-state index contributed by atoms with van der Waals surface area (Å²) in [5, 5.41) is 0. The molecule has 1 rings (SSSR count). The number of carbonyl (C=O) groups excluding carboxylic acids is 1. The van der Waals surface area contributed by atoms with Gasteiger partial charge in [-0.2, -0.15) is 11.8 Å². The van der Waals surface area contributed by atoms with Crippen LogP contribution in [-0.4, -0.2) is 5.75 Å². The van der Waals surface area contributed by atoms with Crippen molar-refractivity contribution in [1.82, 2.24) is 0 Å². The molecule has 0 heterocycles. The molecule has 0 aromatic carbocycles. The summed E-state index contributed by atoms with van der Waals surface area (Å²) in [6.45, 7) is 0. The van der Waals surface area contributed by atoms with Gasteiger partial charge in [-0.15, -0.1) is 6.42 Å².